The Bertz CT molecular complexity index is 368. The maximum absolute atomic E-state index is 9.93. The molecule has 0 aliphatic carbocycles. The molecule has 2 fully saturated rings. The summed E-state index contributed by atoms with van der Waals surface area (Å²) >= 11 is 0. The Morgan fingerprint density at radius 1 is 0.818 bits per heavy atom. The summed E-state index contributed by atoms with van der Waals surface area (Å²) in [7, 11) is 0. The van der Waals surface area contributed by atoms with Crippen molar-refractivity contribution in [2.75, 3.05) is 6.61 Å². The van der Waals surface area contributed by atoms with Gasteiger partial charge in [-0.3, -0.25) is 0 Å². The molecule has 10 atom stereocenters. The second-order valence-corrected chi connectivity index (χ2v) is 5.51. The van der Waals surface area contributed by atoms with Crippen LogP contribution in [-0.4, -0.2) is 104 Å². The van der Waals surface area contributed by atoms with E-state index in [1.807, 2.05) is 0 Å². The summed E-state index contributed by atoms with van der Waals surface area (Å²) < 4.78 is 15.3. The van der Waals surface area contributed by atoms with Crippen molar-refractivity contribution in [1.29, 1.82) is 0 Å². The van der Waals surface area contributed by atoms with Crippen molar-refractivity contribution in [1.82, 2.24) is 0 Å². The maximum Gasteiger partial charge on any atom is 0.187 e. The second kappa shape index (κ2) is 7.01. The Labute approximate surface area is 126 Å². The third-order valence-corrected chi connectivity index (χ3v) is 3.94. The first-order valence-electron chi connectivity index (χ1n) is 6.93. The molecule has 0 bridgehead atoms. The Morgan fingerprint density at radius 3 is 2.05 bits per heavy atom. The zero-order chi connectivity index (χ0) is 16.6. The molecular formula is C12H22O10. The summed E-state index contributed by atoms with van der Waals surface area (Å²) in [6.45, 7) is 0.823. The molecule has 22 heavy (non-hydrogen) atoms. The zero-order valence-electron chi connectivity index (χ0n) is 11.8. The van der Waals surface area contributed by atoms with Crippen molar-refractivity contribution in [3.63, 3.8) is 0 Å². The van der Waals surface area contributed by atoms with Crippen LogP contribution in [0.2, 0.25) is 0 Å². The molecule has 2 heterocycles. The number of aliphatic hydroxyl groups is 7. The van der Waals surface area contributed by atoms with Crippen LogP contribution in [0, 0.1) is 0 Å². The number of hydrogen-bond donors (Lipinski definition) is 7. The van der Waals surface area contributed by atoms with Gasteiger partial charge in [-0.2, -0.15) is 0 Å². The fourth-order valence-corrected chi connectivity index (χ4v) is 2.50. The minimum absolute atomic E-state index is 0.619. The first-order valence-corrected chi connectivity index (χ1v) is 6.93. The molecular weight excluding hydrogens is 304 g/mol. The van der Waals surface area contributed by atoms with Gasteiger partial charge in [0.2, 0.25) is 0 Å². The van der Waals surface area contributed by atoms with Gasteiger partial charge in [-0.05, 0) is 6.92 Å². The van der Waals surface area contributed by atoms with Gasteiger partial charge < -0.3 is 50.0 Å². The lowest BCUT2D eigenvalue weighted by Crippen LogP contribution is -2.63. The van der Waals surface area contributed by atoms with Crippen molar-refractivity contribution in [3.8, 4) is 0 Å². The van der Waals surface area contributed by atoms with Crippen LogP contribution in [0.4, 0.5) is 0 Å². The monoisotopic (exact) mass is 326 g/mol. The van der Waals surface area contributed by atoms with Gasteiger partial charge in [-0.1, -0.05) is 0 Å². The highest BCUT2D eigenvalue weighted by atomic mass is 16.7. The molecule has 8 unspecified atom stereocenters. The first-order chi connectivity index (χ1) is 10.3. The van der Waals surface area contributed by atoms with Gasteiger partial charge in [0.05, 0.1) is 12.7 Å². The minimum Gasteiger partial charge on any atom is -0.394 e. The summed E-state index contributed by atoms with van der Waals surface area (Å²) in [6.07, 6.45) is -14.3. The molecule has 2 saturated heterocycles. The lowest BCUT2D eigenvalue weighted by Gasteiger charge is -2.44. The van der Waals surface area contributed by atoms with Crippen molar-refractivity contribution < 1.29 is 50.0 Å². The molecule has 10 nitrogen and oxygen atoms in total. The number of hydrogen-bond acceptors (Lipinski definition) is 10. The molecule has 0 spiro atoms. The Hall–Kier alpha value is -0.400. The van der Waals surface area contributed by atoms with Crippen molar-refractivity contribution in [2.24, 2.45) is 0 Å². The van der Waals surface area contributed by atoms with Gasteiger partial charge in [-0.15, -0.1) is 0 Å². The van der Waals surface area contributed by atoms with Crippen molar-refractivity contribution in [3.05, 3.63) is 0 Å². The summed E-state index contributed by atoms with van der Waals surface area (Å²) in [6, 6.07) is 0. The normalized spacial score (nSPS) is 53.5. The number of rotatable bonds is 3. The van der Waals surface area contributed by atoms with E-state index in [1.54, 1.807) is 0 Å². The first kappa shape index (κ1) is 17.9. The number of ether oxygens (including phenoxy) is 3. The lowest BCUT2D eigenvalue weighted by atomic mass is 9.97. The molecule has 0 aromatic carbocycles. The average molecular weight is 326 g/mol. The van der Waals surface area contributed by atoms with Crippen LogP contribution in [0.15, 0.2) is 0 Å². The SMILES string of the molecule is CC1OC(OC2C(O)OC(CO)C(O)[C@H]2O)C(O)[C@H](O)C1O. The molecule has 2 aliphatic heterocycles. The smallest absolute Gasteiger partial charge is 0.187 e. The maximum atomic E-state index is 9.93. The highest BCUT2D eigenvalue weighted by Gasteiger charge is 2.49. The van der Waals surface area contributed by atoms with Crippen LogP contribution in [0.1, 0.15) is 6.92 Å². The quantitative estimate of drug-likeness (QED) is 0.269. The van der Waals surface area contributed by atoms with E-state index in [0.717, 1.165) is 0 Å². The van der Waals surface area contributed by atoms with Crippen LogP contribution >= 0.6 is 0 Å². The Balaban J connectivity index is 2.06. The molecule has 0 aromatic rings. The molecule has 0 saturated carbocycles. The molecule has 2 rings (SSSR count). The molecule has 2 aliphatic rings. The van der Waals surface area contributed by atoms with Gasteiger partial charge >= 0.3 is 0 Å². The van der Waals surface area contributed by atoms with Crippen molar-refractivity contribution in [2.45, 2.75) is 68.3 Å². The predicted octanol–water partition coefficient (Wildman–Crippen LogP) is -4.37. The summed E-state index contributed by atoms with van der Waals surface area (Å²) in [4.78, 5) is 0. The summed E-state index contributed by atoms with van der Waals surface area (Å²) in [5.41, 5.74) is 0. The van der Waals surface area contributed by atoms with E-state index in [1.165, 1.54) is 6.92 Å². The molecule has 10 heteroatoms. The standard InChI is InChI=1S/C12H22O10/c1-3-5(14)7(16)9(18)12(20-3)22-10-8(17)6(15)4(2-13)21-11(10)19/h3-19H,2H2,1H3/t3?,4?,5?,6?,7-,8-,9?,10?,11?,12?/m1/s1. The summed E-state index contributed by atoms with van der Waals surface area (Å²) in [5.74, 6) is 0. The van der Waals surface area contributed by atoms with Crippen molar-refractivity contribution >= 4 is 0 Å². The van der Waals surface area contributed by atoms with E-state index in [0.29, 0.717) is 0 Å². The predicted molar refractivity (Wildman–Crippen MR) is 67.2 cm³/mol. The van der Waals surface area contributed by atoms with Crippen LogP contribution < -0.4 is 0 Å². The minimum atomic E-state index is -1.69. The second-order valence-electron chi connectivity index (χ2n) is 5.51. The molecule has 0 amide bonds. The van der Waals surface area contributed by atoms with E-state index in [4.69, 9.17) is 19.3 Å². The average Bonchev–Trinajstić information content (AvgIpc) is 2.49. The fourth-order valence-electron chi connectivity index (χ4n) is 2.50. The van der Waals surface area contributed by atoms with Crippen LogP contribution in [0.3, 0.4) is 0 Å². The molecule has 0 aromatic heterocycles. The van der Waals surface area contributed by atoms with Gasteiger partial charge in [0.25, 0.3) is 0 Å². The highest BCUT2D eigenvalue weighted by Crippen LogP contribution is 2.28. The Kier molecular flexibility index (Phi) is 5.72. The third-order valence-electron chi connectivity index (χ3n) is 3.94. The van der Waals surface area contributed by atoms with E-state index < -0.39 is 68.0 Å². The topological polar surface area (TPSA) is 169 Å². The largest absolute Gasteiger partial charge is 0.394 e. The van der Waals surface area contributed by atoms with Gasteiger partial charge in [0.1, 0.15) is 42.7 Å². The highest BCUT2D eigenvalue weighted by molar-refractivity contribution is 4.92. The van der Waals surface area contributed by atoms with Gasteiger partial charge in [-0.25, -0.2) is 0 Å². The van der Waals surface area contributed by atoms with Crippen LogP contribution in [-0.2, 0) is 14.2 Å². The van der Waals surface area contributed by atoms with E-state index >= 15 is 0 Å². The summed E-state index contributed by atoms with van der Waals surface area (Å²) in [5, 5.41) is 67.5. The Morgan fingerprint density at radius 2 is 1.45 bits per heavy atom. The fraction of sp³-hybridized carbons (Fsp3) is 1.00. The van der Waals surface area contributed by atoms with Crippen LogP contribution in [0.25, 0.3) is 0 Å². The number of aliphatic hydroxyl groups excluding tert-OH is 7. The van der Waals surface area contributed by atoms with Gasteiger partial charge in [0, 0.05) is 0 Å². The molecule has 7 N–H and O–H groups in total. The lowest BCUT2D eigenvalue weighted by molar-refractivity contribution is -0.358. The van der Waals surface area contributed by atoms with E-state index in [9.17, 15) is 30.6 Å². The van der Waals surface area contributed by atoms with Gasteiger partial charge in [0.15, 0.2) is 12.6 Å². The van der Waals surface area contributed by atoms with Crippen LogP contribution in [0.5, 0.6) is 0 Å². The third kappa shape index (κ3) is 3.26. The molecule has 130 valence electrons. The van der Waals surface area contributed by atoms with E-state index in [-0.39, 0.29) is 0 Å². The molecule has 0 radical (unpaired) electrons. The van der Waals surface area contributed by atoms with E-state index in [2.05, 4.69) is 0 Å². The zero-order valence-corrected chi connectivity index (χ0v) is 11.8.